The summed E-state index contributed by atoms with van der Waals surface area (Å²) < 4.78 is 0. The third-order valence-corrected chi connectivity index (χ3v) is 4.08. The van der Waals surface area contributed by atoms with Gasteiger partial charge in [-0.3, -0.25) is 4.79 Å². The van der Waals surface area contributed by atoms with E-state index < -0.39 is 0 Å². The van der Waals surface area contributed by atoms with Gasteiger partial charge in [0, 0.05) is 11.8 Å². The molecule has 1 unspecified atom stereocenters. The van der Waals surface area contributed by atoms with Gasteiger partial charge in [-0.15, -0.1) is 0 Å². The van der Waals surface area contributed by atoms with Gasteiger partial charge in [-0.05, 0) is 38.5 Å². The SMILES string of the molecule is CC1=CCC2(CC1)C(=O)CC[C@@H]2C. The average Bonchev–Trinajstić information content (AvgIpc) is 2.39. The molecule has 1 nitrogen and oxygen atoms in total. The normalized spacial score (nSPS) is 39.7. The Morgan fingerprint density at radius 3 is 2.69 bits per heavy atom. The molecule has 1 spiro atoms. The van der Waals surface area contributed by atoms with Gasteiger partial charge in [-0.25, -0.2) is 0 Å². The number of Topliss-reactive ketones (excluding diaryl/α,β-unsaturated/α-hetero) is 1. The molecule has 72 valence electrons. The molecule has 2 rings (SSSR count). The molecule has 13 heavy (non-hydrogen) atoms. The first-order chi connectivity index (χ1) is 6.15. The lowest BCUT2D eigenvalue weighted by molar-refractivity contribution is -0.127. The van der Waals surface area contributed by atoms with Crippen molar-refractivity contribution in [2.75, 3.05) is 0 Å². The zero-order valence-electron chi connectivity index (χ0n) is 8.60. The van der Waals surface area contributed by atoms with Crippen LogP contribution in [0.5, 0.6) is 0 Å². The Labute approximate surface area is 80.2 Å². The summed E-state index contributed by atoms with van der Waals surface area (Å²) in [6.45, 7) is 4.43. The summed E-state index contributed by atoms with van der Waals surface area (Å²) in [5.41, 5.74) is 1.53. The molecule has 0 aromatic heterocycles. The highest BCUT2D eigenvalue weighted by Crippen LogP contribution is 2.49. The summed E-state index contributed by atoms with van der Waals surface area (Å²) >= 11 is 0. The predicted molar refractivity (Wildman–Crippen MR) is 53.4 cm³/mol. The predicted octanol–water partition coefficient (Wildman–Crippen LogP) is 3.10. The average molecular weight is 178 g/mol. The van der Waals surface area contributed by atoms with Gasteiger partial charge in [-0.1, -0.05) is 18.6 Å². The van der Waals surface area contributed by atoms with Gasteiger partial charge >= 0.3 is 0 Å². The molecule has 2 aliphatic carbocycles. The number of hydrogen-bond acceptors (Lipinski definition) is 1. The quantitative estimate of drug-likeness (QED) is 0.521. The molecule has 0 amide bonds. The van der Waals surface area contributed by atoms with Crippen molar-refractivity contribution >= 4 is 5.78 Å². The third kappa shape index (κ3) is 1.25. The summed E-state index contributed by atoms with van der Waals surface area (Å²) in [6.07, 6.45) is 7.48. The van der Waals surface area contributed by atoms with E-state index in [2.05, 4.69) is 19.9 Å². The second kappa shape index (κ2) is 2.97. The Bertz CT molecular complexity index is 264. The van der Waals surface area contributed by atoms with E-state index in [0.717, 1.165) is 32.1 Å². The second-order valence-corrected chi connectivity index (χ2v) is 4.77. The molecule has 2 aliphatic rings. The van der Waals surface area contributed by atoms with E-state index in [9.17, 15) is 4.79 Å². The molecule has 0 aromatic carbocycles. The molecule has 0 N–H and O–H groups in total. The Hall–Kier alpha value is -0.590. The summed E-state index contributed by atoms with van der Waals surface area (Å²) in [4.78, 5) is 11.8. The van der Waals surface area contributed by atoms with Crippen molar-refractivity contribution in [3.05, 3.63) is 11.6 Å². The molecule has 0 heterocycles. The van der Waals surface area contributed by atoms with E-state index in [1.54, 1.807) is 0 Å². The van der Waals surface area contributed by atoms with Gasteiger partial charge in [0.25, 0.3) is 0 Å². The van der Waals surface area contributed by atoms with E-state index >= 15 is 0 Å². The van der Waals surface area contributed by atoms with Gasteiger partial charge in [0.1, 0.15) is 5.78 Å². The second-order valence-electron chi connectivity index (χ2n) is 4.77. The lowest BCUT2D eigenvalue weighted by atomic mass is 9.68. The highest BCUT2D eigenvalue weighted by molar-refractivity contribution is 5.87. The zero-order valence-corrected chi connectivity index (χ0v) is 8.60. The fourth-order valence-corrected chi connectivity index (χ4v) is 2.83. The largest absolute Gasteiger partial charge is 0.299 e. The highest BCUT2D eigenvalue weighted by atomic mass is 16.1. The molecule has 0 radical (unpaired) electrons. The molecule has 0 bridgehead atoms. The van der Waals surface area contributed by atoms with Crippen molar-refractivity contribution in [1.82, 2.24) is 0 Å². The van der Waals surface area contributed by atoms with Gasteiger partial charge in [0.05, 0.1) is 0 Å². The lowest BCUT2D eigenvalue weighted by Gasteiger charge is -2.34. The minimum Gasteiger partial charge on any atom is -0.299 e. The van der Waals surface area contributed by atoms with Crippen LogP contribution < -0.4 is 0 Å². The van der Waals surface area contributed by atoms with Crippen LogP contribution in [0.4, 0.5) is 0 Å². The van der Waals surface area contributed by atoms with Crippen LogP contribution in [-0.2, 0) is 4.79 Å². The Kier molecular flexibility index (Phi) is 2.05. The third-order valence-electron chi connectivity index (χ3n) is 4.08. The number of ketones is 1. The minimum atomic E-state index is 0.0551. The molecule has 0 saturated heterocycles. The topological polar surface area (TPSA) is 17.1 Å². The monoisotopic (exact) mass is 178 g/mol. The molecule has 0 aliphatic heterocycles. The summed E-state index contributed by atoms with van der Waals surface area (Å²) in [6, 6.07) is 0. The highest BCUT2D eigenvalue weighted by Gasteiger charge is 2.46. The number of carbonyl (C=O) groups is 1. The smallest absolute Gasteiger partial charge is 0.139 e. The summed E-state index contributed by atoms with van der Waals surface area (Å²) in [5.74, 6) is 1.15. The van der Waals surface area contributed by atoms with E-state index in [0.29, 0.717) is 11.7 Å². The molecule has 1 fully saturated rings. The van der Waals surface area contributed by atoms with Crippen LogP contribution in [0, 0.1) is 11.3 Å². The van der Waals surface area contributed by atoms with Crippen molar-refractivity contribution in [2.45, 2.75) is 46.0 Å². The first-order valence-corrected chi connectivity index (χ1v) is 5.34. The fraction of sp³-hybridized carbons (Fsp3) is 0.750. The number of carbonyl (C=O) groups excluding carboxylic acids is 1. The van der Waals surface area contributed by atoms with Crippen LogP contribution in [0.1, 0.15) is 46.0 Å². The minimum absolute atomic E-state index is 0.0551. The maximum absolute atomic E-state index is 11.8. The summed E-state index contributed by atoms with van der Waals surface area (Å²) in [7, 11) is 0. The number of rotatable bonds is 0. The Morgan fingerprint density at radius 1 is 1.46 bits per heavy atom. The lowest BCUT2D eigenvalue weighted by Crippen LogP contribution is -2.32. The molecule has 2 atom stereocenters. The number of allylic oxidation sites excluding steroid dienone is 2. The molecular formula is C12H18O. The van der Waals surface area contributed by atoms with Crippen molar-refractivity contribution in [1.29, 1.82) is 0 Å². The van der Waals surface area contributed by atoms with Crippen LogP contribution in [-0.4, -0.2) is 5.78 Å². The van der Waals surface area contributed by atoms with Crippen molar-refractivity contribution in [2.24, 2.45) is 11.3 Å². The standard InChI is InChI=1S/C12H18O/c1-9-5-7-12(8-6-9)10(2)3-4-11(12)13/h5,10H,3-4,6-8H2,1-2H3/t10-,12?/m0/s1. The van der Waals surface area contributed by atoms with Crippen LogP contribution in [0.2, 0.25) is 0 Å². The van der Waals surface area contributed by atoms with Crippen molar-refractivity contribution in [3.8, 4) is 0 Å². The maximum atomic E-state index is 11.8. The van der Waals surface area contributed by atoms with Gasteiger partial charge in [-0.2, -0.15) is 0 Å². The molecule has 0 aromatic rings. The number of hydrogen-bond donors (Lipinski definition) is 0. The van der Waals surface area contributed by atoms with Crippen molar-refractivity contribution in [3.63, 3.8) is 0 Å². The molecule has 1 saturated carbocycles. The van der Waals surface area contributed by atoms with Crippen LogP contribution in [0.15, 0.2) is 11.6 Å². The van der Waals surface area contributed by atoms with Gasteiger partial charge in [0.2, 0.25) is 0 Å². The van der Waals surface area contributed by atoms with Crippen molar-refractivity contribution < 1.29 is 4.79 Å². The Morgan fingerprint density at radius 2 is 2.23 bits per heavy atom. The van der Waals surface area contributed by atoms with E-state index in [4.69, 9.17) is 0 Å². The van der Waals surface area contributed by atoms with Crippen LogP contribution in [0.3, 0.4) is 0 Å². The first kappa shape index (κ1) is 8.98. The van der Waals surface area contributed by atoms with Gasteiger partial charge < -0.3 is 0 Å². The summed E-state index contributed by atoms with van der Waals surface area (Å²) in [5, 5.41) is 0. The fourth-order valence-electron chi connectivity index (χ4n) is 2.83. The zero-order chi connectivity index (χ0) is 9.47. The maximum Gasteiger partial charge on any atom is 0.139 e. The van der Waals surface area contributed by atoms with Crippen LogP contribution >= 0.6 is 0 Å². The van der Waals surface area contributed by atoms with E-state index in [1.165, 1.54) is 5.57 Å². The first-order valence-electron chi connectivity index (χ1n) is 5.34. The van der Waals surface area contributed by atoms with Gasteiger partial charge in [0.15, 0.2) is 0 Å². The van der Waals surface area contributed by atoms with Crippen LogP contribution in [0.25, 0.3) is 0 Å². The molecular weight excluding hydrogens is 160 g/mol. The molecule has 1 heteroatoms. The van der Waals surface area contributed by atoms with E-state index in [-0.39, 0.29) is 5.41 Å². The Balaban J connectivity index is 2.25. The van der Waals surface area contributed by atoms with E-state index in [1.807, 2.05) is 0 Å².